The third kappa shape index (κ3) is 3.11. The third-order valence-corrected chi connectivity index (χ3v) is 3.77. The second-order valence-corrected chi connectivity index (χ2v) is 5.15. The molecule has 2 rings (SSSR count). The number of benzene rings is 2. The largest absolute Gasteiger partial charge is 0.284 e. The van der Waals surface area contributed by atoms with E-state index in [1.807, 2.05) is 18.2 Å². The molecule has 22 heavy (non-hydrogen) atoms. The van der Waals surface area contributed by atoms with E-state index in [0.29, 0.717) is 17.0 Å². The summed E-state index contributed by atoms with van der Waals surface area (Å²) in [6, 6.07) is 11.2. The molecule has 114 valence electrons. The molecule has 2 aromatic rings. The Balaban J connectivity index is 2.57. The average molecular weight is 300 g/mol. The first kappa shape index (κ1) is 15.6. The molecule has 0 aliphatic carbocycles. The molecule has 0 radical (unpaired) electrons. The fourth-order valence-electron chi connectivity index (χ4n) is 2.28. The Bertz CT molecular complexity index is 728. The molecular formula is C16H16N2O4. The highest BCUT2D eigenvalue weighted by atomic mass is 16.6. The van der Waals surface area contributed by atoms with Crippen LogP contribution in [0.2, 0.25) is 0 Å². The van der Waals surface area contributed by atoms with Crippen LogP contribution >= 0.6 is 0 Å². The molecule has 0 saturated heterocycles. The Labute approximate surface area is 127 Å². The van der Waals surface area contributed by atoms with E-state index in [2.05, 4.69) is 13.8 Å². The van der Waals surface area contributed by atoms with E-state index in [0.717, 1.165) is 18.1 Å². The molecule has 6 heteroatoms. The second-order valence-electron chi connectivity index (χ2n) is 5.15. The summed E-state index contributed by atoms with van der Waals surface area (Å²) in [6.07, 6.45) is 0.964. The Morgan fingerprint density at radius 2 is 1.77 bits per heavy atom. The predicted molar refractivity (Wildman–Crippen MR) is 83.9 cm³/mol. The number of nitro groups is 2. The van der Waals surface area contributed by atoms with Crippen LogP contribution in [0.4, 0.5) is 11.4 Å². The first-order chi connectivity index (χ1) is 10.4. The summed E-state index contributed by atoms with van der Waals surface area (Å²) < 4.78 is 0. The zero-order valence-electron chi connectivity index (χ0n) is 12.4. The van der Waals surface area contributed by atoms with E-state index in [4.69, 9.17) is 0 Å². The lowest BCUT2D eigenvalue weighted by molar-refractivity contribution is -0.393. The van der Waals surface area contributed by atoms with Crippen LogP contribution in [0.15, 0.2) is 42.5 Å². The molecular weight excluding hydrogens is 284 g/mol. The molecule has 0 saturated carbocycles. The van der Waals surface area contributed by atoms with Crippen molar-refractivity contribution in [3.8, 4) is 11.1 Å². The fraction of sp³-hybridized carbons (Fsp3) is 0.250. The van der Waals surface area contributed by atoms with Gasteiger partial charge in [0.1, 0.15) is 0 Å². The van der Waals surface area contributed by atoms with E-state index in [9.17, 15) is 20.2 Å². The van der Waals surface area contributed by atoms with Crippen LogP contribution in [0, 0.1) is 20.2 Å². The minimum absolute atomic E-state index is 0.254. The molecule has 0 amide bonds. The van der Waals surface area contributed by atoms with Crippen molar-refractivity contribution < 1.29 is 9.85 Å². The molecule has 1 atom stereocenters. The number of rotatable bonds is 5. The van der Waals surface area contributed by atoms with Crippen LogP contribution in [0.25, 0.3) is 11.1 Å². The summed E-state index contributed by atoms with van der Waals surface area (Å²) in [5, 5.41) is 22.0. The quantitative estimate of drug-likeness (QED) is 0.592. The van der Waals surface area contributed by atoms with E-state index in [1.165, 1.54) is 12.1 Å². The van der Waals surface area contributed by atoms with Crippen molar-refractivity contribution in [2.75, 3.05) is 0 Å². The first-order valence-corrected chi connectivity index (χ1v) is 6.97. The highest BCUT2D eigenvalue weighted by Gasteiger charge is 2.20. The molecule has 1 unspecified atom stereocenters. The summed E-state index contributed by atoms with van der Waals surface area (Å²) in [7, 11) is 0. The van der Waals surface area contributed by atoms with Crippen LogP contribution in [0.3, 0.4) is 0 Å². The average Bonchev–Trinajstić information content (AvgIpc) is 2.53. The van der Waals surface area contributed by atoms with E-state index < -0.39 is 9.85 Å². The normalized spacial score (nSPS) is 11.9. The minimum Gasteiger partial charge on any atom is -0.258 e. The van der Waals surface area contributed by atoms with Gasteiger partial charge in [-0.2, -0.15) is 0 Å². The number of nitrogens with zero attached hydrogens (tertiary/aromatic N) is 2. The maximum absolute atomic E-state index is 11.2. The van der Waals surface area contributed by atoms with Gasteiger partial charge in [-0.1, -0.05) is 38.1 Å². The lowest BCUT2D eigenvalue weighted by Crippen LogP contribution is -1.96. The van der Waals surface area contributed by atoms with Gasteiger partial charge in [0.05, 0.1) is 21.5 Å². The molecule has 0 spiro atoms. The highest BCUT2D eigenvalue weighted by molar-refractivity contribution is 5.75. The van der Waals surface area contributed by atoms with Gasteiger partial charge >= 0.3 is 0 Å². The van der Waals surface area contributed by atoms with Crippen LogP contribution in [0.5, 0.6) is 0 Å². The van der Waals surface area contributed by atoms with Gasteiger partial charge in [-0.15, -0.1) is 0 Å². The molecule has 0 fully saturated rings. The zero-order valence-corrected chi connectivity index (χ0v) is 12.4. The van der Waals surface area contributed by atoms with Gasteiger partial charge in [0, 0.05) is 6.07 Å². The third-order valence-electron chi connectivity index (χ3n) is 3.77. The Morgan fingerprint density at radius 3 is 2.36 bits per heavy atom. The molecule has 0 aliphatic heterocycles. The standard InChI is InChI=1S/C16H16N2O4/c1-3-11(2)12-5-4-6-13(9-12)15-8-7-14(17(19)20)10-16(15)18(21)22/h4-11H,3H2,1-2H3. The lowest BCUT2D eigenvalue weighted by atomic mass is 9.94. The summed E-state index contributed by atoms with van der Waals surface area (Å²) in [5.41, 5.74) is 1.64. The Hall–Kier alpha value is -2.76. The highest BCUT2D eigenvalue weighted by Crippen LogP contribution is 2.34. The molecule has 6 nitrogen and oxygen atoms in total. The van der Waals surface area contributed by atoms with Gasteiger partial charge in [0.25, 0.3) is 11.4 Å². The lowest BCUT2D eigenvalue weighted by Gasteiger charge is -2.11. The topological polar surface area (TPSA) is 86.3 Å². The first-order valence-electron chi connectivity index (χ1n) is 6.97. The predicted octanol–water partition coefficient (Wildman–Crippen LogP) is 4.68. The summed E-state index contributed by atoms with van der Waals surface area (Å²) >= 11 is 0. The van der Waals surface area contributed by atoms with Gasteiger partial charge < -0.3 is 0 Å². The summed E-state index contributed by atoms with van der Waals surface area (Å²) in [5.74, 6) is 0.344. The summed E-state index contributed by atoms with van der Waals surface area (Å²) in [4.78, 5) is 20.8. The Morgan fingerprint density at radius 1 is 1.05 bits per heavy atom. The van der Waals surface area contributed by atoms with Crippen LogP contribution < -0.4 is 0 Å². The molecule has 0 N–H and O–H groups in total. The fourth-order valence-corrected chi connectivity index (χ4v) is 2.28. The monoisotopic (exact) mass is 300 g/mol. The summed E-state index contributed by atoms with van der Waals surface area (Å²) in [6.45, 7) is 4.16. The maximum Gasteiger partial charge on any atom is 0.284 e. The van der Waals surface area contributed by atoms with Gasteiger partial charge in [-0.25, -0.2) is 0 Å². The van der Waals surface area contributed by atoms with Crippen LogP contribution in [-0.4, -0.2) is 9.85 Å². The van der Waals surface area contributed by atoms with E-state index in [-0.39, 0.29) is 11.4 Å². The van der Waals surface area contributed by atoms with Gasteiger partial charge in [0.2, 0.25) is 0 Å². The SMILES string of the molecule is CCC(C)c1cccc(-c2ccc([N+](=O)[O-])cc2[N+](=O)[O-])c1. The van der Waals surface area contributed by atoms with Gasteiger partial charge in [0.15, 0.2) is 0 Å². The van der Waals surface area contributed by atoms with Crippen molar-refractivity contribution in [1.29, 1.82) is 0 Å². The van der Waals surface area contributed by atoms with Crippen molar-refractivity contribution in [2.24, 2.45) is 0 Å². The number of nitro benzene ring substituents is 2. The number of non-ortho nitro benzene ring substituents is 1. The molecule has 2 aromatic carbocycles. The van der Waals surface area contributed by atoms with Crippen LogP contribution in [-0.2, 0) is 0 Å². The maximum atomic E-state index is 11.2. The van der Waals surface area contributed by atoms with Crippen molar-refractivity contribution in [1.82, 2.24) is 0 Å². The molecule has 0 bridgehead atoms. The zero-order chi connectivity index (χ0) is 16.3. The van der Waals surface area contributed by atoms with Crippen molar-refractivity contribution >= 4 is 11.4 Å². The van der Waals surface area contributed by atoms with E-state index >= 15 is 0 Å². The molecule has 0 aliphatic rings. The Kier molecular flexibility index (Phi) is 4.50. The van der Waals surface area contributed by atoms with Crippen molar-refractivity contribution in [3.05, 3.63) is 68.3 Å². The smallest absolute Gasteiger partial charge is 0.258 e. The van der Waals surface area contributed by atoms with E-state index in [1.54, 1.807) is 6.07 Å². The van der Waals surface area contributed by atoms with Crippen LogP contribution in [0.1, 0.15) is 31.7 Å². The second kappa shape index (κ2) is 6.34. The number of hydrogen-bond acceptors (Lipinski definition) is 4. The number of hydrogen-bond donors (Lipinski definition) is 0. The van der Waals surface area contributed by atoms with Crippen molar-refractivity contribution in [2.45, 2.75) is 26.2 Å². The minimum atomic E-state index is -0.633. The van der Waals surface area contributed by atoms with Gasteiger partial charge in [-0.3, -0.25) is 20.2 Å². The molecule has 0 aromatic heterocycles. The van der Waals surface area contributed by atoms with Gasteiger partial charge in [-0.05, 0) is 29.5 Å². The van der Waals surface area contributed by atoms with Crippen molar-refractivity contribution in [3.63, 3.8) is 0 Å². The molecule has 0 heterocycles.